The standard InChI is InChI=1S/C18H11BrClN3O2/c19-17-16-14(15(22-25-16)12-4-2-1-3-5-12)18(24)23(21-17)10-11-6-8-13(20)9-7-11/h1-9H,10H2. The third-order valence-electron chi connectivity index (χ3n) is 3.83. The average molecular weight is 417 g/mol. The Bertz CT molecular complexity index is 1110. The van der Waals surface area contributed by atoms with E-state index in [4.69, 9.17) is 16.1 Å². The van der Waals surface area contributed by atoms with Crippen LogP contribution in [0.4, 0.5) is 0 Å². The van der Waals surface area contributed by atoms with Gasteiger partial charge in [0.2, 0.25) is 5.58 Å². The summed E-state index contributed by atoms with van der Waals surface area (Å²) < 4.78 is 7.17. The normalized spacial score (nSPS) is 11.1. The van der Waals surface area contributed by atoms with Crippen molar-refractivity contribution in [3.63, 3.8) is 0 Å². The van der Waals surface area contributed by atoms with E-state index in [9.17, 15) is 4.79 Å². The molecular weight excluding hydrogens is 406 g/mol. The number of fused-ring (bicyclic) bond motifs is 1. The molecule has 0 amide bonds. The van der Waals surface area contributed by atoms with Gasteiger partial charge in [0, 0.05) is 10.6 Å². The minimum Gasteiger partial charge on any atom is -0.352 e. The maximum Gasteiger partial charge on any atom is 0.280 e. The Morgan fingerprint density at radius 3 is 2.52 bits per heavy atom. The van der Waals surface area contributed by atoms with Crippen LogP contribution in [0.25, 0.3) is 22.2 Å². The predicted molar refractivity (Wildman–Crippen MR) is 99.8 cm³/mol. The van der Waals surface area contributed by atoms with Crippen LogP contribution in [0.2, 0.25) is 5.02 Å². The lowest BCUT2D eigenvalue weighted by Crippen LogP contribution is -2.23. The molecule has 25 heavy (non-hydrogen) atoms. The first kappa shape index (κ1) is 16.1. The van der Waals surface area contributed by atoms with Crippen molar-refractivity contribution in [2.45, 2.75) is 6.54 Å². The van der Waals surface area contributed by atoms with E-state index in [1.54, 1.807) is 12.1 Å². The summed E-state index contributed by atoms with van der Waals surface area (Å²) in [7, 11) is 0. The van der Waals surface area contributed by atoms with Gasteiger partial charge in [-0.25, -0.2) is 4.68 Å². The van der Waals surface area contributed by atoms with Crippen molar-refractivity contribution < 1.29 is 4.52 Å². The van der Waals surface area contributed by atoms with E-state index in [0.717, 1.165) is 11.1 Å². The Morgan fingerprint density at radius 1 is 1.08 bits per heavy atom. The van der Waals surface area contributed by atoms with E-state index in [2.05, 4.69) is 26.2 Å². The van der Waals surface area contributed by atoms with Crippen molar-refractivity contribution in [1.82, 2.24) is 14.9 Å². The predicted octanol–water partition coefficient (Wildman–Crippen LogP) is 4.52. The molecule has 0 unspecified atom stereocenters. The number of hydrogen-bond acceptors (Lipinski definition) is 4. The quantitative estimate of drug-likeness (QED) is 0.493. The molecule has 0 bridgehead atoms. The molecule has 0 fully saturated rings. The van der Waals surface area contributed by atoms with E-state index < -0.39 is 0 Å². The lowest BCUT2D eigenvalue weighted by Gasteiger charge is -2.06. The van der Waals surface area contributed by atoms with Gasteiger partial charge in [0.05, 0.1) is 6.54 Å². The minimum atomic E-state index is -0.256. The molecular formula is C18H11BrClN3O2. The van der Waals surface area contributed by atoms with Gasteiger partial charge in [-0.3, -0.25) is 4.79 Å². The fourth-order valence-corrected chi connectivity index (χ4v) is 3.21. The van der Waals surface area contributed by atoms with Crippen LogP contribution in [0.15, 0.2) is 68.5 Å². The van der Waals surface area contributed by atoms with Gasteiger partial charge >= 0.3 is 0 Å². The molecule has 0 aliphatic carbocycles. The summed E-state index contributed by atoms with van der Waals surface area (Å²) in [6.45, 7) is 0.323. The number of benzene rings is 2. The van der Waals surface area contributed by atoms with Crippen LogP contribution in [0.5, 0.6) is 0 Å². The van der Waals surface area contributed by atoms with Crippen molar-refractivity contribution in [2.24, 2.45) is 0 Å². The second-order valence-corrected chi connectivity index (χ2v) is 6.67. The maximum atomic E-state index is 13.0. The lowest BCUT2D eigenvalue weighted by molar-refractivity contribution is 0.455. The summed E-state index contributed by atoms with van der Waals surface area (Å²) in [5.41, 5.74) is 2.33. The smallest absolute Gasteiger partial charge is 0.280 e. The lowest BCUT2D eigenvalue weighted by atomic mass is 10.1. The fourth-order valence-electron chi connectivity index (χ4n) is 2.62. The molecule has 0 radical (unpaired) electrons. The van der Waals surface area contributed by atoms with E-state index in [-0.39, 0.29) is 5.56 Å². The van der Waals surface area contributed by atoms with E-state index in [1.165, 1.54) is 4.68 Å². The third kappa shape index (κ3) is 2.99. The van der Waals surface area contributed by atoms with E-state index in [1.807, 2.05) is 42.5 Å². The molecule has 0 atom stereocenters. The van der Waals surface area contributed by atoms with Gasteiger partial charge in [-0.2, -0.15) is 5.10 Å². The molecule has 0 N–H and O–H groups in total. The van der Waals surface area contributed by atoms with Crippen molar-refractivity contribution in [2.75, 3.05) is 0 Å². The Balaban J connectivity index is 1.88. The highest BCUT2D eigenvalue weighted by Gasteiger charge is 2.19. The first-order valence-corrected chi connectivity index (χ1v) is 8.66. The molecule has 0 spiro atoms. The van der Waals surface area contributed by atoms with Gasteiger partial charge in [0.1, 0.15) is 11.1 Å². The van der Waals surface area contributed by atoms with Crippen LogP contribution in [-0.2, 0) is 6.54 Å². The second kappa shape index (κ2) is 6.46. The highest BCUT2D eigenvalue weighted by Crippen LogP contribution is 2.28. The molecule has 4 rings (SSSR count). The first-order chi connectivity index (χ1) is 12.1. The zero-order valence-corrected chi connectivity index (χ0v) is 15.2. The number of nitrogens with zero attached hydrogens (tertiary/aromatic N) is 3. The minimum absolute atomic E-state index is 0.256. The molecule has 0 saturated carbocycles. The number of rotatable bonds is 3. The molecule has 2 aromatic carbocycles. The Labute approximate surface area is 156 Å². The van der Waals surface area contributed by atoms with Crippen molar-refractivity contribution in [1.29, 1.82) is 0 Å². The average Bonchev–Trinajstić information content (AvgIpc) is 3.08. The van der Waals surface area contributed by atoms with Crippen LogP contribution in [0, 0.1) is 0 Å². The largest absolute Gasteiger partial charge is 0.352 e. The molecule has 5 nitrogen and oxygen atoms in total. The molecule has 2 aromatic heterocycles. The zero-order valence-electron chi connectivity index (χ0n) is 12.8. The van der Waals surface area contributed by atoms with Crippen LogP contribution in [0.3, 0.4) is 0 Å². The van der Waals surface area contributed by atoms with Crippen LogP contribution < -0.4 is 5.56 Å². The number of aromatic nitrogens is 3. The third-order valence-corrected chi connectivity index (χ3v) is 4.60. The molecule has 2 heterocycles. The number of hydrogen-bond donors (Lipinski definition) is 0. The highest BCUT2D eigenvalue weighted by molar-refractivity contribution is 9.10. The van der Waals surface area contributed by atoms with Crippen molar-refractivity contribution in [3.05, 3.63) is 80.1 Å². The Kier molecular flexibility index (Phi) is 4.15. The monoisotopic (exact) mass is 415 g/mol. The summed E-state index contributed by atoms with van der Waals surface area (Å²) in [5.74, 6) is 0. The second-order valence-electron chi connectivity index (χ2n) is 5.48. The summed E-state index contributed by atoms with van der Waals surface area (Å²) in [6, 6.07) is 16.7. The number of halogens is 2. The van der Waals surface area contributed by atoms with E-state index in [0.29, 0.717) is 32.8 Å². The summed E-state index contributed by atoms with van der Waals surface area (Å²) in [5, 5.41) is 9.40. The Morgan fingerprint density at radius 2 is 1.80 bits per heavy atom. The van der Waals surface area contributed by atoms with Gasteiger partial charge < -0.3 is 4.52 Å². The molecule has 0 aliphatic heterocycles. The maximum absolute atomic E-state index is 13.0. The van der Waals surface area contributed by atoms with Gasteiger partial charge in [-0.15, -0.1) is 0 Å². The first-order valence-electron chi connectivity index (χ1n) is 7.49. The van der Waals surface area contributed by atoms with Crippen molar-refractivity contribution >= 4 is 38.5 Å². The fraction of sp³-hybridized carbons (Fsp3) is 0.0556. The SMILES string of the molecule is O=c1c2c(-c3ccccc3)noc2c(Br)nn1Cc1ccc(Cl)cc1. The molecule has 7 heteroatoms. The highest BCUT2D eigenvalue weighted by atomic mass is 79.9. The van der Waals surface area contributed by atoms with Crippen molar-refractivity contribution in [3.8, 4) is 11.3 Å². The van der Waals surface area contributed by atoms with Crippen LogP contribution >= 0.6 is 27.5 Å². The van der Waals surface area contributed by atoms with Crippen LogP contribution in [0.1, 0.15) is 5.56 Å². The van der Waals surface area contributed by atoms with E-state index >= 15 is 0 Å². The van der Waals surface area contributed by atoms with Gasteiger partial charge in [-0.05, 0) is 33.6 Å². The Hall–Kier alpha value is -2.44. The molecule has 124 valence electrons. The topological polar surface area (TPSA) is 60.9 Å². The molecule has 0 saturated heterocycles. The summed E-state index contributed by atoms with van der Waals surface area (Å²) in [4.78, 5) is 13.0. The van der Waals surface area contributed by atoms with Crippen LogP contribution in [-0.4, -0.2) is 14.9 Å². The summed E-state index contributed by atoms with van der Waals surface area (Å²) in [6.07, 6.45) is 0. The zero-order chi connectivity index (χ0) is 17.4. The van der Waals surface area contributed by atoms with Gasteiger partial charge in [0.15, 0.2) is 4.60 Å². The molecule has 4 aromatic rings. The molecule has 0 aliphatic rings. The van der Waals surface area contributed by atoms with Gasteiger partial charge in [-0.1, -0.05) is 59.2 Å². The summed E-state index contributed by atoms with van der Waals surface area (Å²) >= 11 is 9.28. The van der Waals surface area contributed by atoms with Gasteiger partial charge in [0.25, 0.3) is 5.56 Å².